The Hall–Kier alpha value is -6.78. The van der Waals surface area contributed by atoms with E-state index in [9.17, 15) is 0 Å². The van der Waals surface area contributed by atoms with Crippen molar-refractivity contribution in [3.05, 3.63) is 188 Å². The van der Waals surface area contributed by atoms with Crippen LogP contribution in [0.25, 0.3) is 71.7 Å². The van der Waals surface area contributed by atoms with Crippen LogP contribution in [0.3, 0.4) is 0 Å². The smallest absolute Gasteiger partial charge is 0.141 e. The number of nitrogens with zero attached hydrogens (tertiary/aromatic N) is 4. The Balaban J connectivity index is 0.00000360. The van der Waals surface area contributed by atoms with Gasteiger partial charge in [-0.3, -0.25) is 14.1 Å². The molecule has 7 aromatic carbocycles. The monoisotopic (exact) mass is 668 g/mol. The molecule has 2 aromatic heterocycles. The predicted molar refractivity (Wildman–Crippen MR) is 221 cm³/mol. The van der Waals surface area contributed by atoms with Crippen LogP contribution in [0.1, 0.15) is 13.0 Å². The van der Waals surface area contributed by atoms with E-state index in [1.165, 1.54) is 32.7 Å². The van der Waals surface area contributed by atoms with E-state index < -0.39 is 0 Å². The molecule has 0 atom stereocenters. The van der Waals surface area contributed by atoms with Crippen molar-refractivity contribution < 1.29 is 0 Å². The van der Waals surface area contributed by atoms with Crippen LogP contribution in [-0.4, -0.2) is 27.2 Å². The van der Waals surface area contributed by atoms with Crippen LogP contribution >= 0.6 is 0 Å². The van der Waals surface area contributed by atoms with Gasteiger partial charge in [0.25, 0.3) is 0 Å². The van der Waals surface area contributed by atoms with E-state index in [4.69, 9.17) is 9.98 Å². The Morgan fingerprint density at radius 1 is 0.385 bits per heavy atom. The van der Waals surface area contributed by atoms with E-state index in [1.807, 2.05) is 0 Å². The van der Waals surface area contributed by atoms with Crippen LogP contribution in [0.2, 0.25) is 0 Å². The number of benzene rings is 7. The number of hydrogen-bond acceptors (Lipinski definition) is 2. The lowest BCUT2D eigenvalue weighted by Gasteiger charge is -2.12. The zero-order chi connectivity index (χ0) is 33.7. The van der Waals surface area contributed by atoms with Crippen LogP contribution in [0, 0.1) is 0 Å². The van der Waals surface area contributed by atoms with E-state index in [2.05, 4.69) is 191 Å². The topological polar surface area (TPSA) is 34.6 Å². The summed E-state index contributed by atoms with van der Waals surface area (Å²) in [4.78, 5) is 11.0. The second kappa shape index (κ2) is 12.8. The maximum absolute atomic E-state index is 5.59. The van der Waals surface area contributed by atoms with Crippen molar-refractivity contribution >= 4 is 61.0 Å². The van der Waals surface area contributed by atoms with Gasteiger partial charge in [0.2, 0.25) is 0 Å². The first-order valence-electron chi connectivity index (χ1n) is 17.4. The fraction of sp³-hybridized carbons (Fsp3) is 0.0417. The fourth-order valence-electron chi connectivity index (χ4n) is 7.67. The second-order valence-electron chi connectivity index (χ2n) is 13.0. The molecule has 248 valence electrons. The molecule has 0 fully saturated rings. The molecule has 0 amide bonds. The number of allylic oxidation sites excluding steroid dienone is 1. The molecule has 9 aromatic rings. The highest BCUT2D eigenvalue weighted by atomic mass is 15.2. The van der Waals surface area contributed by atoms with E-state index in [1.54, 1.807) is 0 Å². The Morgan fingerprint density at radius 2 is 0.769 bits per heavy atom. The molecule has 0 saturated carbocycles. The molecular formula is C48H36N4. The van der Waals surface area contributed by atoms with Gasteiger partial charge in [0.15, 0.2) is 0 Å². The normalized spacial score (nSPS) is 13.1. The average molecular weight is 669 g/mol. The maximum Gasteiger partial charge on any atom is 0.141 e. The van der Waals surface area contributed by atoms with Crippen molar-refractivity contribution in [1.82, 2.24) is 9.13 Å². The third-order valence-electron chi connectivity index (χ3n) is 9.99. The fourth-order valence-corrected chi connectivity index (χ4v) is 7.67. The SMILES string of the molecule is C.C1=C(n2c3ccccc3c3ccccc32)N=C(n2c3ccccc3c3ccccc32)CN=C1c1cc(-c2ccccc2)cc(-c2ccccc2)c1. The summed E-state index contributed by atoms with van der Waals surface area (Å²) in [7, 11) is 0. The predicted octanol–water partition coefficient (Wildman–Crippen LogP) is 12.1. The van der Waals surface area contributed by atoms with E-state index in [-0.39, 0.29) is 7.43 Å². The van der Waals surface area contributed by atoms with Crippen LogP contribution in [0.15, 0.2) is 192 Å². The van der Waals surface area contributed by atoms with Gasteiger partial charge in [-0.15, -0.1) is 0 Å². The molecule has 10 rings (SSSR count). The number of rotatable bonds is 4. The first-order chi connectivity index (χ1) is 25.3. The molecule has 1 aliphatic rings. The largest absolute Gasteiger partial charge is 0.296 e. The van der Waals surface area contributed by atoms with E-state index >= 15 is 0 Å². The van der Waals surface area contributed by atoms with Crippen molar-refractivity contribution in [1.29, 1.82) is 0 Å². The molecule has 0 N–H and O–H groups in total. The summed E-state index contributed by atoms with van der Waals surface area (Å²) in [5.41, 5.74) is 11.0. The molecule has 0 unspecified atom stereocenters. The van der Waals surface area contributed by atoms with Gasteiger partial charge in [-0.25, -0.2) is 4.99 Å². The third-order valence-corrected chi connectivity index (χ3v) is 9.99. The number of hydrogen-bond donors (Lipinski definition) is 0. The third kappa shape index (κ3) is 5.16. The quantitative estimate of drug-likeness (QED) is 0.179. The Morgan fingerprint density at radius 3 is 1.23 bits per heavy atom. The zero-order valence-corrected chi connectivity index (χ0v) is 27.8. The standard InChI is InChI=1S/C47H32N4.CH4/c1-3-15-32(16-4-1)34-27-35(33-17-5-2-6-18-33)29-36(28-34)41-30-46(50-42-23-11-7-19-37(42)38-20-8-12-24-43(38)50)49-47(31-48-41)51-44-25-13-9-21-39(44)40-22-10-14-26-45(40)51;/h1-30H,31H2;1H4. The molecule has 0 radical (unpaired) electrons. The van der Waals surface area contributed by atoms with Crippen LogP contribution in [-0.2, 0) is 0 Å². The zero-order valence-electron chi connectivity index (χ0n) is 27.8. The number of fused-ring (bicyclic) bond motifs is 6. The molecule has 0 aliphatic carbocycles. The van der Waals surface area contributed by atoms with Crippen molar-refractivity contribution in [2.24, 2.45) is 9.98 Å². The minimum Gasteiger partial charge on any atom is -0.296 e. The van der Waals surface area contributed by atoms with Gasteiger partial charge in [0.05, 0.1) is 34.3 Å². The minimum absolute atomic E-state index is 0. The molecule has 0 bridgehead atoms. The summed E-state index contributed by atoms with van der Waals surface area (Å²) in [6.45, 7) is 0.408. The summed E-state index contributed by atoms with van der Waals surface area (Å²) in [5, 5.41) is 4.80. The van der Waals surface area contributed by atoms with Crippen molar-refractivity contribution in [2.45, 2.75) is 7.43 Å². The van der Waals surface area contributed by atoms with Crippen molar-refractivity contribution in [3.8, 4) is 22.3 Å². The molecule has 0 saturated heterocycles. The molecular weight excluding hydrogens is 633 g/mol. The molecule has 0 spiro atoms. The van der Waals surface area contributed by atoms with E-state index in [0.717, 1.165) is 56.1 Å². The number of aromatic nitrogens is 2. The van der Waals surface area contributed by atoms with Gasteiger partial charge in [0.1, 0.15) is 11.7 Å². The van der Waals surface area contributed by atoms with Gasteiger partial charge >= 0.3 is 0 Å². The lowest BCUT2D eigenvalue weighted by Crippen LogP contribution is -2.16. The number of para-hydroxylation sites is 4. The van der Waals surface area contributed by atoms with Gasteiger partial charge in [-0.2, -0.15) is 0 Å². The minimum atomic E-state index is 0. The summed E-state index contributed by atoms with van der Waals surface area (Å²) in [6.07, 6.45) is 2.18. The highest BCUT2D eigenvalue weighted by Crippen LogP contribution is 2.35. The second-order valence-corrected chi connectivity index (χ2v) is 13.0. The summed E-state index contributed by atoms with van der Waals surface area (Å²) < 4.78 is 4.60. The molecule has 3 heterocycles. The van der Waals surface area contributed by atoms with Crippen LogP contribution in [0.5, 0.6) is 0 Å². The van der Waals surface area contributed by atoms with Gasteiger partial charge in [-0.1, -0.05) is 141 Å². The highest BCUT2D eigenvalue weighted by molar-refractivity contribution is 6.19. The van der Waals surface area contributed by atoms with Gasteiger partial charge < -0.3 is 0 Å². The Kier molecular flexibility index (Phi) is 7.71. The molecule has 52 heavy (non-hydrogen) atoms. The molecule has 4 heteroatoms. The summed E-state index contributed by atoms with van der Waals surface area (Å²) in [6, 6.07) is 62.5. The lowest BCUT2D eigenvalue weighted by molar-refractivity contribution is 1.12. The Labute approximate surface area is 303 Å². The van der Waals surface area contributed by atoms with Gasteiger partial charge in [-0.05, 0) is 64.7 Å². The number of aliphatic imine (C=N–C) groups is 2. The van der Waals surface area contributed by atoms with Crippen molar-refractivity contribution in [2.75, 3.05) is 6.54 Å². The molecule has 4 nitrogen and oxygen atoms in total. The van der Waals surface area contributed by atoms with Gasteiger partial charge in [0, 0.05) is 33.2 Å². The average Bonchev–Trinajstić information content (AvgIpc) is 3.62. The van der Waals surface area contributed by atoms with Crippen LogP contribution in [0.4, 0.5) is 0 Å². The van der Waals surface area contributed by atoms with E-state index in [0.29, 0.717) is 6.54 Å². The maximum atomic E-state index is 5.59. The lowest BCUT2D eigenvalue weighted by atomic mass is 9.94. The first-order valence-corrected chi connectivity index (χ1v) is 17.4. The first kappa shape index (κ1) is 31.2. The summed E-state index contributed by atoms with van der Waals surface area (Å²) in [5.74, 6) is 1.70. The molecule has 1 aliphatic heterocycles. The summed E-state index contributed by atoms with van der Waals surface area (Å²) >= 11 is 0. The van der Waals surface area contributed by atoms with Crippen molar-refractivity contribution in [3.63, 3.8) is 0 Å². The Bertz CT molecular complexity index is 2700. The van der Waals surface area contributed by atoms with Crippen LogP contribution < -0.4 is 0 Å². The highest BCUT2D eigenvalue weighted by Gasteiger charge is 2.21.